The maximum absolute atomic E-state index is 13.0. The first-order chi connectivity index (χ1) is 15.2. The Morgan fingerprint density at radius 3 is 2.56 bits per heavy atom. The molecule has 32 heavy (non-hydrogen) atoms. The second-order valence-electron chi connectivity index (χ2n) is 8.39. The molecule has 1 saturated heterocycles. The Morgan fingerprint density at radius 2 is 1.97 bits per heavy atom. The molecule has 9 heteroatoms. The first-order valence-electron chi connectivity index (χ1n) is 10.6. The van der Waals surface area contributed by atoms with E-state index in [9.17, 15) is 19.8 Å². The number of rotatable bonds is 7. The highest BCUT2D eigenvalue weighted by molar-refractivity contribution is 6.33. The van der Waals surface area contributed by atoms with E-state index >= 15 is 0 Å². The minimum atomic E-state index is -0.841. The van der Waals surface area contributed by atoms with Crippen molar-refractivity contribution in [3.63, 3.8) is 0 Å². The van der Waals surface area contributed by atoms with Crippen molar-refractivity contribution in [2.75, 3.05) is 13.2 Å². The largest absolute Gasteiger partial charge is 0.394 e. The molecule has 1 aromatic carbocycles. The van der Waals surface area contributed by atoms with Crippen molar-refractivity contribution in [3.05, 3.63) is 53.3 Å². The first kappa shape index (κ1) is 24.1. The van der Waals surface area contributed by atoms with Crippen LogP contribution in [0.25, 0.3) is 11.1 Å². The third-order valence-electron chi connectivity index (χ3n) is 5.76. The molecule has 0 spiro atoms. The molecule has 5 N–H and O–H groups in total. The molecule has 0 bridgehead atoms. The fourth-order valence-electron chi connectivity index (χ4n) is 3.79. The fraction of sp³-hybridized carbons (Fsp3) is 0.435. The van der Waals surface area contributed by atoms with E-state index in [4.69, 9.17) is 17.3 Å². The third kappa shape index (κ3) is 5.27. The maximum atomic E-state index is 13.0. The van der Waals surface area contributed by atoms with E-state index in [-0.39, 0.29) is 31.4 Å². The summed E-state index contributed by atoms with van der Waals surface area (Å²) in [6.45, 7) is 3.39. The number of carbonyl (C=O) groups excluding carboxylic acids is 2. The van der Waals surface area contributed by atoms with Gasteiger partial charge in [-0.25, -0.2) is 0 Å². The number of aliphatic hydroxyl groups is 2. The molecule has 0 unspecified atom stereocenters. The number of β-amino-alcohol motifs (C(OH)–C–C–N with tert-alkyl or cyclic N) is 1. The van der Waals surface area contributed by atoms with Gasteiger partial charge in [-0.2, -0.15) is 0 Å². The van der Waals surface area contributed by atoms with E-state index in [0.29, 0.717) is 10.6 Å². The molecule has 2 amide bonds. The maximum Gasteiger partial charge on any atom is 0.243 e. The van der Waals surface area contributed by atoms with Crippen molar-refractivity contribution in [3.8, 4) is 11.1 Å². The van der Waals surface area contributed by atoms with Crippen LogP contribution in [-0.4, -0.2) is 63.3 Å². The van der Waals surface area contributed by atoms with E-state index in [1.54, 1.807) is 24.5 Å². The Balaban J connectivity index is 1.73. The van der Waals surface area contributed by atoms with E-state index in [1.165, 1.54) is 4.90 Å². The number of likely N-dealkylation sites (tertiary alicyclic amines) is 1. The quantitative estimate of drug-likeness (QED) is 0.495. The van der Waals surface area contributed by atoms with E-state index in [2.05, 4.69) is 10.3 Å². The summed E-state index contributed by atoms with van der Waals surface area (Å²) in [4.78, 5) is 31.0. The highest BCUT2D eigenvalue weighted by Gasteiger charge is 2.41. The van der Waals surface area contributed by atoms with Crippen LogP contribution in [0.5, 0.6) is 0 Å². The molecule has 3 rings (SSSR count). The van der Waals surface area contributed by atoms with E-state index < -0.39 is 30.1 Å². The second kappa shape index (κ2) is 10.4. The van der Waals surface area contributed by atoms with Crippen molar-refractivity contribution < 1.29 is 19.8 Å². The van der Waals surface area contributed by atoms with Crippen molar-refractivity contribution >= 4 is 23.4 Å². The van der Waals surface area contributed by atoms with Crippen LogP contribution in [0.15, 0.2) is 42.7 Å². The zero-order valence-corrected chi connectivity index (χ0v) is 18.9. The number of pyridine rings is 1. The molecular weight excluding hydrogens is 432 g/mol. The van der Waals surface area contributed by atoms with Crippen LogP contribution in [0.4, 0.5) is 0 Å². The molecule has 2 aromatic rings. The van der Waals surface area contributed by atoms with Gasteiger partial charge in [0.05, 0.1) is 29.8 Å². The molecule has 0 saturated carbocycles. The van der Waals surface area contributed by atoms with E-state index in [1.807, 2.05) is 32.0 Å². The number of nitrogens with two attached hydrogens (primary N) is 1. The monoisotopic (exact) mass is 460 g/mol. The number of carbonyl (C=O) groups is 2. The van der Waals surface area contributed by atoms with Gasteiger partial charge in [0, 0.05) is 30.9 Å². The summed E-state index contributed by atoms with van der Waals surface area (Å²) in [6, 6.07) is 6.84. The predicted molar refractivity (Wildman–Crippen MR) is 122 cm³/mol. The summed E-state index contributed by atoms with van der Waals surface area (Å²) in [5.41, 5.74) is 8.38. The smallest absolute Gasteiger partial charge is 0.243 e. The lowest BCUT2D eigenvalue weighted by Gasteiger charge is -2.29. The van der Waals surface area contributed by atoms with Gasteiger partial charge in [0.1, 0.15) is 6.04 Å². The first-order valence-corrected chi connectivity index (χ1v) is 11.0. The topological polar surface area (TPSA) is 129 Å². The molecule has 8 nitrogen and oxygen atoms in total. The summed E-state index contributed by atoms with van der Waals surface area (Å²) in [5, 5.41) is 23.3. The Kier molecular flexibility index (Phi) is 7.84. The van der Waals surface area contributed by atoms with Crippen LogP contribution in [0.3, 0.4) is 0 Å². The van der Waals surface area contributed by atoms with Gasteiger partial charge in [-0.1, -0.05) is 49.7 Å². The van der Waals surface area contributed by atoms with Gasteiger partial charge >= 0.3 is 0 Å². The molecule has 0 aliphatic carbocycles. The molecule has 1 fully saturated rings. The zero-order valence-electron chi connectivity index (χ0n) is 18.1. The highest BCUT2D eigenvalue weighted by Crippen LogP contribution is 2.28. The third-order valence-corrected chi connectivity index (χ3v) is 6.06. The number of aromatic nitrogens is 1. The number of amides is 2. The van der Waals surface area contributed by atoms with Crippen LogP contribution < -0.4 is 11.1 Å². The Bertz CT molecular complexity index is 953. The minimum Gasteiger partial charge on any atom is -0.394 e. The Morgan fingerprint density at radius 1 is 1.28 bits per heavy atom. The van der Waals surface area contributed by atoms with Gasteiger partial charge in [-0.3, -0.25) is 14.6 Å². The Labute approximate surface area is 192 Å². The normalized spacial score (nSPS) is 20.3. The van der Waals surface area contributed by atoms with Gasteiger partial charge in [0.25, 0.3) is 0 Å². The predicted octanol–water partition coefficient (Wildman–Crippen LogP) is 1.50. The number of hydrogen-bond acceptors (Lipinski definition) is 6. The van der Waals surface area contributed by atoms with Crippen LogP contribution in [-0.2, 0) is 9.59 Å². The highest BCUT2D eigenvalue weighted by atomic mass is 35.5. The summed E-state index contributed by atoms with van der Waals surface area (Å²) >= 11 is 6.20. The van der Waals surface area contributed by atoms with Gasteiger partial charge in [0.2, 0.25) is 11.8 Å². The number of benzene rings is 1. The van der Waals surface area contributed by atoms with Crippen molar-refractivity contribution in [1.29, 1.82) is 0 Å². The lowest BCUT2D eigenvalue weighted by atomic mass is 10.0. The Hall–Kier alpha value is -2.52. The van der Waals surface area contributed by atoms with Gasteiger partial charge < -0.3 is 26.2 Å². The molecule has 0 radical (unpaired) electrons. The van der Waals surface area contributed by atoms with Gasteiger partial charge in [-0.15, -0.1) is 0 Å². The average molecular weight is 461 g/mol. The molecule has 1 aliphatic rings. The van der Waals surface area contributed by atoms with Gasteiger partial charge in [0.15, 0.2) is 0 Å². The number of halogens is 1. The summed E-state index contributed by atoms with van der Waals surface area (Å²) < 4.78 is 0. The van der Waals surface area contributed by atoms with Crippen LogP contribution >= 0.6 is 11.6 Å². The second-order valence-corrected chi connectivity index (χ2v) is 8.79. The summed E-state index contributed by atoms with van der Waals surface area (Å²) in [7, 11) is 0. The van der Waals surface area contributed by atoms with Crippen LogP contribution in [0, 0.1) is 5.92 Å². The summed E-state index contributed by atoms with van der Waals surface area (Å²) in [5.74, 6) is -0.899. The number of aliphatic hydroxyl groups excluding tert-OH is 2. The molecule has 2 heterocycles. The van der Waals surface area contributed by atoms with Crippen molar-refractivity contribution in [2.24, 2.45) is 11.7 Å². The molecule has 4 atom stereocenters. The average Bonchev–Trinajstić information content (AvgIpc) is 3.18. The van der Waals surface area contributed by atoms with Gasteiger partial charge in [-0.05, 0) is 23.1 Å². The number of nitrogens with zero attached hydrogens (tertiary/aromatic N) is 2. The lowest BCUT2D eigenvalue weighted by molar-refractivity contribution is -0.140. The molecule has 1 aromatic heterocycles. The molecule has 1 aliphatic heterocycles. The number of nitrogens with one attached hydrogen (secondary N) is 1. The number of hydrogen-bond donors (Lipinski definition) is 4. The standard InChI is InChI=1S/C23H29ClN4O4/c1-13(2)21(25)23(32)28-11-16(30)9-20(28)22(31)27-19(12-29)15-5-3-14(4-6-15)17-7-8-26-10-18(17)24/h3-8,10,13,16,19-21,29-30H,9,11-12,25H2,1-2H3,(H,27,31)/t16-,19+,20+,21+/m1/s1. The SMILES string of the molecule is CC(C)[C@H](N)C(=O)N1C[C@H](O)C[C@H]1C(=O)N[C@@H](CO)c1ccc(-c2ccncc2Cl)cc1. The van der Waals surface area contributed by atoms with Crippen LogP contribution in [0.2, 0.25) is 5.02 Å². The lowest BCUT2D eigenvalue weighted by Crippen LogP contribution is -2.53. The van der Waals surface area contributed by atoms with Crippen molar-refractivity contribution in [1.82, 2.24) is 15.2 Å². The zero-order chi connectivity index (χ0) is 23.4. The van der Waals surface area contributed by atoms with E-state index in [0.717, 1.165) is 11.1 Å². The fourth-order valence-corrected chi connectivity index (χ4v) is 4.02. The molecule has 172 valence electrons. The summed E-state index contributed by atoms with van der Waals surface area (Å²) in [6.07, 6.45) is 2.54. The van der Waals surface area contributed by atoms with Crippen LogP contribution in [0.1, 0.15) is 31.9 Å². The minimum absolute atomic E-state index is 0.0581. The molecular formula is C23H29ClN4O4. The van der Waals surface area contributed by atoms with Crippen molar-refractivity contribution in [2.45, 2.75) is 44.5 Å².